The van der Waals surface area contributed by atoms with Crippen LogP contribution in [0.2, 0.25) is 10.0 Å². The van der Waals surface area contributed by atoms with Crippen molar-refractivity contribution in [3.05, 3.63) is 52.4 Å². The van der Waals surface area contributed by atoms with E-state index in [0.717, 1.165) is 64.6 Å². The number of pyridine rings is 1. The number of aromatic nitrogens is 3. The molecule has 0 aliphatic heterocycles. The molecule has 2 heterocycles. The second-order valence-corrected chi connectivity index (χ2v) is 8.82. The van der Waals surface area contributed by atoms with E-state index in [1.165, 1.54) is 0 Å². The van der Waals surface area contributed by atoms with E-state index in [2.05, 4.69) is 15.6 Å². The number of phenolic OH excluding ortho intramolecular Hbond substituents is 1. The fourth-order valence-corrected chi connectivity index (χ4v) is 5.06. The summed E-state index contributed by atoms with van der Waals surface area (Å²) in [6, 6.07) is 9.77. The van der Waals surface area contributed by atoms with Gasteiger partial charge < -0.3 is 14.8 Å². The number of rotatable bonds is 2. The second kappa shape index (κ2) is 7.41. The average molecular weight is 442 g/mol. The number of nitrogens with zero attached hydrogens (tertiary/aromatic N) is 3. The fraction of sp³-hybridized carbons (Fsp3) is 0.304. The van der Waals surface area contributed by atoms with E-state index < -0.39 is 0 Å². The van der Waals surface area contributed by atoms with Crippen LogP contribution in [0.25, 0.3) is 33.1 Å². The summed E-state index contributed by atoms with van der Waals surface area (Å²) in [7, 11) is 0. The van der Waals surface area contributed by atoms with Gasteiger partial charge in [-0.15, -0.1) is 0 Å². The van der Waals surface area contributed by atoms with Gasteiger partial charge >= 0.3 is 0 Å². The molecule has 154 valence electrons. The van der Waals surface area contributed by atoms with Gasteiger partial charge in [-0.1, -0.05) is 29.3 Å². The van der Waals surface area contributed by atoms with E-state index in [9.17, 15) is 10.2 Å². The molecule has 1 fully saturated rings. The third kappa shape index (κ3) is 3.22. The molecule has 0 amide bonds. The lowest BCUT2D eigenvalue weighted by atomic mass is 9.92. The fourth-order valence-electron chi connectivity index (χ4n) is 4.57. The minimum absolute atomic E-state index is 0.111. The van der Waals surface area contributed by atoms with Gasteiger partial charge in [-0.05, 0) is 68.0 Å². The minimum atomic E-state index is -0.203. The molecule has 0 spiro atoms. The maximum atomic E-state index is 9.93. The van der Waals surface area contributed by atoms with E-state index in [4.69, 9.17) is 28.2 Å². The monoisotopic (exact) mass is 441 g/mol. The Kier molecular flexibility index (Phi) is 4.85. The van der Waals surface area contributed by atoms with Gasteiger partial charge in [0, 0.05) is 11.4 Å². The van der Waals surface area contributed by atoms with E-state index in [1.807, 2.05) is 25.3 Å². The first kappa shape index (κ1) is 19.6. The van der Waals surface area contributed by atoms with Crippen LogP contribution in [0.4, 0.5) is 0 Å². The van der Waals surface area contributed by atoms with Crippen LogP contribution in [0, 0.1) is 6.92 Å². The van der Waals surface area contributed by atoms with Crippen molar-refractivity contribution in [3.63, 3.8) is 0 Å². The molecule has 7 heteroatoms. The maximum absolute atomic E-state index is 9.93. The highest BCUT2D eigenvalue weighted by atomic mass is 35.5. The first-order chi connectivity index (χ1) is 14.4. The highest BCUT2D eigenvalue weighted by Crippen LogP contribution is 2.39. The number of aliphatic hydroxyl groups is 1. The van der Waals surface area contributed by atoms with Crippen LogP contribution < -0.4 is 0 Å². The Balaban J connectivity index is 1.72. The number of aromatic hydroxyl groups is 1. The van der Waals surface area contributed by atoms with Gasteiger partial charge in [0.2, 0.25) is 0 Å². The molecule has 0 unspecified atom stereocenters. The van der Waals surface area contributed by atoms with Crippen molar-refractivity contribution < 1.29 is 10.2 Å². The lowest BCUT2D eigenvalue weighted by molar-refractivity contribution is 0.111. The first-order valence-corrected chi connectivity index (χ1v) is 10.8. The summed E-state index contributed by atoms with van der Waals surface area (Å²) >= 11 is 12.3. The SMILES string of the molecule is Cc1nc2cnc3ccc(-c4cc(Cl)c(O)c(Cl)c4)cc3c2n1C1CCC(O)CC1. The number of fused-ring (bicyclic) bond motifs is 3. The molecule has 4 aromatic rings. The van der Waals surface area contributed by atoms with Crippen LogP contribution >= 0.6 is 23.2 Å². The zero-order valence-corrected chi connectivity index (χ0v) is 18.0. The summed E-state index contributed by atoms with van der Waals surface area (Å²) in [5, 5.41) is 21.3. The molecule has 1 saturated carbocycles. The molecule has 0 atom stereocenters. The highest BCUT2D eigenvalue weighted by Gasteiger charge is 2.25. The standard InChI is InChI=1S/C23H21Cl2N3O2/c1-12-27-21-11-26-20-7-2-13(14-9-18(24)23(30)19(25)10-14)8-17(20)22(21)28(12)15-3-5-16(29)6-4-15/h2,7-11,15-16,29-30H,3-6H2,1H3. The number of imidazole rings is 1. The number of halogens is 2. The summed E-state index contributed by atoms with van der Waals surface area (Å²) in [6.07, 6.45) is 5.10. The quantitative estimate of drug-likeness (QED) is 0.397. The molecule has 2 aromatic carbocycles. The molecule has 2 N–H and O–H groups in total. The maximum Gasteiger partial charge on any atom is 0.152 e. The topological polar surface area (TPSA) is 71.2 Å². The van der Waals surface area contributed by atoms with Crippen LogP contribution in [0.3, 0.4) is 0 Å². The number of hydrogen-bond donors (Lipinski definition) is 2. The van der Waals surface area contributed by atoms with Gasteiger partial charge in [0.05, 0.1) is 33.4 Å². The third-order valence-corrected chi connectivity index (χ3v) is 6.65. The molecule has 30 heavy (non-hydrogen) atoms. The molecular formula is C23H21Cl2N3O2. The lowest BCUT2D eigenvalue weighted by Gasteiger charge is -2.28. The molecular weight excluding hydrogens is 421 g/mol. The van der Waals surface area contributed by atoms with E-state index in [-0.39, 0.29) is 21.9 Å². The highest BCUT2D eigenvalue weighted by molar-refractivity contribution is 6.37. The van der Waals surface area contributed by atoms with Crippen molar-refractivity contribution in [2.45, 2.75) is 44.8 Å². The Morgan fingerprint density at radius 2 is 1.67 bits per heavy atom. The Morgan fingerprint density at radius 1 is 0.967 bits per heavy atom. The van der Waals surface area contributed by atoms with E-state index in [1.54, 1.807) is 12.1 Å². The third-order valence-electron chi connectivity index (χ3n) is 6.07. The van der Waals surface area contributed by atoms with Crippen molar-refractivity contribution in [2.24, 2.45) is 0 Å². The van der Waals surface area contributed by atoms with Crippen molar-refractivity contribution in [2.75, 3.05) is 0 Å². The summed E-state index contributed by atoms with van der Waals surface area (Å²) < 4.78 is 2.31. The number of hydrogen-bond acceptors (Lipinski definition) is 4. The van der Waals surface area contributed by atoms with Gasteiger partial charge in [0.15, 0.2) is 5.75 Å². The van der Waals surface area contributed by atoms with Gasteiger partial charge in [0.25, 0.3) is 0 Å². The van der Waals surface area contributed by atoms with Crippen molar-refractivity contribution >= 4 is 45.1 Å². The lowest BCUT2D eigenvalue weighted by Crippen LogP contribution is -2.21. The Morgan fingerprint density at radius 3 is 2.37 bits per heavy atom. The summed E-state index contributed by atoms with van der Waals surface area (Å²) in [6.45, 7) is 2.03. The molecule has 0 radical (unpaired) electrons. The van der Waals surface area contributed by atoms with E-state index >= 15 is 0 Å². The molecule has 5 rings (SSSR count). The van der Waals surface area contributed by atoms with Crippen LogP contribution in [-0.4, -0.2) is 30.9 Å². The number of aryl methyl sites for hydroxylation is 1. The normalized spacial score (nSPS) is 19.6. The Hall–Kier alpha value is -2.34. The summed E-state index contributed by atoms with van der Waals surface area (Å²) in [5.74, 6) is 0.849. The van der Waals surface area contributed by atoms with Crippen LogP contribution in [-0.2, 0) is 0 Å². The molecule has 1 aliphatic rings. The molecule has 1 aliphatic carbocycles. The van der Waals surface area contributed by atoms with Crippen molar-refractivity contribution in [1.82, 2.24) is 14.5 Å². The number of aliphatic hydroxyl groups excluding tert-OH is 1. The van der Waals surface area contributed by atoms with Crippen LogP contribution in [0.5, 0.6) is 5.75 Å². The zero-order chi connectivity index (χ0) is 21.0. The predicted molar refractivity (Wildman–Crippen MR) is 120 cm³/mol. The minimum Gasteiger partial charge on any atom is -0.505 e. The summed E-state index contributed by atoms with van der Waals surface area (Å²) in [5.41, 5.74) is 4.58. The Labute approximate surface area is 183 Å². The van der Waals surface area contributed by atoms with Gasteiger partial charge in [0.1, 0.15) is 11.3 Å². The summed E-state index contributed by atoms with van der Waals surface area (Å²) in [4.78, 5) is 9.36. The largest absolute Gasteiger partial charge is 0.505 e. The first-order valence-electron chi connectivity index (χ1n) is 10.1. The molecule has 0 saturated heterocycles. The van der Waals surface area contributed by atoms with Crippen LogP contribution in [0.1, 0.15) is 37.5 Å². The molecule has 0 bridgehead atoms. The van der Waals surface area contributed by atoms with Gasteiger partial charge in [-0.2, -0.15) is 0 Å². The van der Waals surface area contributed by atoms with Crippen molar-refractivity contribution in [3.8, 4) is 16.9 Å². The zero-order valence-electron chi connectivity index (χ0n) is 16.4. The average Bonchev–Trinajstić information content (AvgIpc) is 3.08. The molecule has 2 aromatic heterocycles. The predicted octanol–water partition coefficient (Wildman–Crippen LogP) is 6.05. The smallest absolute Gasteiger partial charge is 0.152 e. The van der Waals surface area contributed by atoms with Gasteiger partial charge in [-0.3, -0.25) is 4.98 Å². The van der Waals surface area contributed by atoms with E-state index in [0.29, 0.717) is 6.04 Å². The van der Waals surface area contributed by atoms with Crippen LogP contribution in [0.15, 0.2) is 36.5 Å². The molecule has 5 nitrogen and oxygen atoms in total. The second-order valence-electron chi connectivity index (χ2n) is 8.00. The van der Waals surface area contributed by atoms with Gasteiger partial charge in [-0.25, -0.2) is 4.98 Å². The van der Waals surface area contributed by atoms with Crippen molar-refractivity contribution in [1.29, 1.82) is 0 Å². The number of phenols is 1. The Bertz CT molecular complexity index is 1250. The number of benzene rings is 2.